The van der Waals surface area contributed by atoms with Crippen LogP contribution in [0.15, 0.2) is 29.2 Å². The largest absolute Gasteiger partial charge is 0.496 e. The molecule has 0 aliphatic heterocycles. The van der Waals surface area contributed by atoms with Gasteiger partial charge in [0, 0.05) is 23.2 Å². The minimum absolute atomic E-state index is 0.0396. The summed E-state index contributed by atoms with van der Waals surface area (Å²) in [6.07, 6.45) is 3.54. The van der Waals surface area contributed by atoms with E-state index in [1.54, 1.807) is 18.9 Å². The molecule has 0 heterocycles. The fraction of sp³-hybridized carbons (Fsp3) is 0.632. The number of nitrogens with two attached hydrogens (primary N) is 1. The number of carbonyl (C=O) groups is 1. The van der Waals surface area contributed by atoms with Crippen LogP contribution in [-0.2, 0) is 4.79 Å². The first-order valence-electron chi connectivity index (χ1n) is 8.89. The predicted molar refractivity (Wildman–Crippen MR) is 98.2 cm³/mol. The Labute approximate surface area is 148 Å². The molecule has 2 bridgehead atoms. The monoisotopic (exact) mass is 348 g/mol. The van der Waals surface area contributed by atoms with Gasteiger partial charge in [-0.1, -0.05) is 19.1 Å². The Hall–Kier alpha value is -1.20. The van der Waals surface area contributed by atoms with E-state index >= 15 is 0 Å². The van der Waals surface area contributed by atoms with Gasteiger partial charge in [0.1, 0.15) is 5.75 Å². The van der Waals surface area contributed by atoms with Crippen molar-refractivity contribution in [2.45, 2.75) is 37.1 Å². The Morgan fingerprint density at radius 1 is 1.38 bits per heavy atom. The van der Waals surface area contributed by atoms with Crippen molar-refractivity contribution in [3.05, 3.63) is 24.3 Å². The summed E-state index contributed by atoms with van der Waals surface area (Å²) in [7, 11) is 1.70. The van der Waals surface area contributed by atoms with E-state index in [-0.39, 0.29) is 17.9 Å². The molecule has 5 unspecified atom stereocenters. The number of nitrogens with one attached hydrogen (secondary N) is 1. The van der Waals surface area contributed by atoms with E-state index < -0.39 is 0 Å². The number of para-hydroxylation sites is 1. The second-order valence-electron chi connectivity index (χ2n) is 7.25. The van der Waals surface area contributed by atoms with Gasteiger partial charge >= 0.3 is 0 Å². The van der Waals surface area contributed by atoms with Crippen LogP contribution in [0.5, 0.6) is 5.75 Å². The van der Waals surface area contributed by atoms with Gasteiger partial charge < -0.3 is 15.8 Å². The van der Waals surface area contributed by atoms with Gasteiger partial charge in [0.15, 0.2) is 0 Å². The molecule has 3 rings (SSSR count). The predicted octanol–water partition coefficient (Wildman–Crippen LogP) is 2.91. The van der Waals surface area contributed by atoms with Crippen LogP contribution in [-0.4, -0.2) is 31.4 Å². The summed E-state index contributed by atoms with van der Waals surface area (Å²) in [5.74, 6) is 3.56. The zero-order valence-corrected chi connectivity index (χ0v) is 15.4. The van der Waals surface area contributed by atoms with Crippen LogP contribution >= 0.6 is 11.8 Å². The summed E-state index contributed by atoms with van der Waals surface area (Å²) < 4.78 is 5.38. The van der Waals surface area contributed by atoms with E-state index in [0.717, 1.165) is 22.8 Å². The van der Waals surface area contributed by atoms with Gasteiger partial charge in [-0.3, -0.25) is 4.79 Å². The lowest BCUT2D eigenvalue weighted by Gasteiger charge is -2.27. The molecular formula is C19H28N2O2S. The summed E-state index contributed by atoms with van der Waals surface area (Å²) >= 11 is 1.78. The number of benzene rings is 1. The Kier molecular flexibility index (Phi) is 5.72. The molecule has 4 nitrogen and oxygen atoms in total. The van der Waals surface area contributed by atoms with Gasteiger partial charge in [-0.15, -0.1) is 11.8 Å². The van der Waals surface area contributed by atoms with Crippen molar-refractivity contribution >= 4 is 17.7 Å². The van der Waals surface area contributed by atoms with Crippen molar-refractivity contribution in [1.82, 2.24) is 5.32 Å². The van der Waals surface area contributed by atoms with E-state index in [1.165, 1.54) is 12.8 Å². The number of fused-ring (bicyclic) bond motifs is 2. The topological polar surface area (TPSA) is 64.3 Å². The second-order valence-corrected chi connectivity index (χ2v) is 8.31. The van der Waals surface area contributed by atoms with Crippen molar-refractivity contribution in [2.75, 3.05) is 19.4 Å². The number of hydrogen-bond donors (Lipinski definition) is 2. The lowest BCUT2D eigenvalue weighted by atomic mass is 9.84. The van der Waals surface area contributed by atoms with Crippen LogP contribution in [0, 0.1) is 23.7 Å². The Bertz CT molecular complexity index is 578. The highest BCUT2D eigenvalue weighted by Gasteiger charge is 2.48. The minimum atomic E-state index is 0.0396. The summed E-state index contributed by atoms with van der Waals surface area (Å²) in [6.45, 7) is 2.88. The highest BCUT2D eigenvalue weighted by atomic mass is 32.2. The van der Waals surface area contributed by atoms with E-state index in [4.69, 9.17) is 10.5 Å². The Morgan fingerprint density at radius 3 is 2.83 bits per heavy atom. The zero-order valence-electron chi connectivity index (χ0n) is 14.5. The molecule has 1 aromatic rings. The molecule has 5 atom stereocenters. The third-order valence-electron chi connectivity index (χ3n) is 5.50. The highest BCUT2D eigenvalue weighted by Crippen LogP contribution is 2.47. The zero-order chi connectivity index (χ0) is 17.1. The molecule has 1 aromatic carbocycles. The lowest BCUT2D eigenvalue weighted by Crippen LogP contribution is -2.46. The number of carbonyl (C=O) groups excluding carboxylic acids is 1. The number of rotatable bonds is 7. The van der Waals surface area contributed by atoms with E-state index in [9.17, 15) is 4.79 Å². The highest BCUT2D eigenvalue weighted by molar-refractivity contribution is 7.99. The number of amides is 1. The lowest BCUT2D eigenvalue weighted by molar-refractivity contribution is -0.127. The van der Waals surface area contributed by atoms with E-state index in [0.29, 0.717) is 24.3 Å². The van der Waals surface area contributed by atoms with Crippen molar-refractivity contribution in [3.63, 3.8) is 0 Å². The maximum Gasteiger partial charge on any atom is 0.224 e. The third-order valence-corrected chi connectivity index (χ3v) is 6.88. The van der Waals surface area contributed by atoms with Crippen LogP contribution < -0.4 is 15.8 Å². The van der Waals surface area contributed by atoms with Crippen LogP contribution in [0.4, 0.5) is 0 Å². The molecule has 2 aliphatic rings. The van der Waals surface area contributed by atoms with Gasteiger partial charge in [-0.25, -0.2) is 0 Å². The van der Waals surface area contributed by atoms with Gasteiger partial charge in [0.05, 0.1) is 13.0 Å². The fourth-order valence-corrected chi connectivity index (χ4v) is 5.20. The molecule has 0 radical (unpaired) electrons. The molecule has 3 N–H and O–H groups in total. The molecule has 1 amide bonds. The van der Waals surface area contributed by atoms with Gasteiger partial charge in [-0.2, -0.15) is 0 Å². The fourth-order valence-electron chi connectivity index (χ4n) is 4.15. The standard InChI is InChI=1S/C19H28N2O2S/c1-12(11-24-16-6-4-3-5-15(16)23-2)10-21-19(22)17-13-7-8-14(9-13)18(17)20/h3-6,12-14,17-18H,7-11,20H2,1-2H3,(H,21,22). The molecule has 2 saturated carbocycles. The smallest absolute Gasteiger partial charge is 0.224 e. The van der Waals surface area contributed by atoms with Crippen LogP contribution in [0.2, 0.25) is 0 Å². The first kappa shape index (κ1) is 17.6. The van der Waals surface area contributed by atoms with Gasteiger partial charge in [-0.05, 0) is 49.1 Å². The van der Waals surface area contributed by atoms with E-state index in [1.807, 2.05) is 18.2 Å². The summed E-state index contributed by atoms with van der Waals surface area (Å²) in [4.78, 5) is 13.7. The quantitative estimate of drug-likeness (QED) is 0.744. The maximum atomic E-state index is 12.5. The van der Waals surface area contributed by atoms with Crippen molar-refractivity contribution in [3.8, 4) is 5.75 Å². The average Bonchev–Trinajstić information content (AvgIpc) is 3.19. The molecule has 0 saturated heterocycles. The molecular weight excluding hydrogens is 320 g/mol. The van der Waals surface area contributed by atoms with Gasteiger partial charge in [0.2, 0.25) is 5.91 Å². The first-order chi connectivity index (χ1) is 11.6. The summed E-state index contributed by atoms with van der Waals surface area (Å²) in [5.41, 5.74) is 6.26. The van der Waals surface area contributed by atoms with Crippen LogP contribution in [0.3, 0.4) is 0 Å². The molecule has 5 heteroatoms. The molecule has 2 aliphatic carbocycles. The van der Waals surface area contributed by atoms with Gasteiger partial charge in [0.25, 0.3) is 0 Å². The van der Waals surface area contributed by atoms with Crippen molar-refractivity contribution < 1.29 is 9.53 Å². The van der Waals surface area contributed by atoms with Crippen molar-refractivity contribution in [1.29, 1.82) is 0 Å². The van der Waals surface area contributed by atoms with Crippen LogP contribution in [0.25, 0.3) is 0 Å². The Morgan fingerprint density at radius 2 is 2.12 bits per heavy atom. The second kappa shape index (κ2) is 7.79. The molecule has 0 aromatic heterocycles. The number of thioether (sulfide) groups is 1. The van der Waals surface area contributed by atoms with Crippen molar-refractivity contribution in [2.24, 2.45) is 29.4 Å². The normalized spacial score (nSPS) is 29.5. The summed E-state index contributed by atoms with van der Waals surface area (Å²) in [5, 5.41) is 3.14. The third kappa shape index (κ3) is 3.72. The molecule has 132 valence electrons. The SMILES string of the molecule is COc1ccccc1SCC(C)CNC(=O)C1C2CCC(C2)C1N. The maximum absolute atomic E-state index is 12.5. The summed E-state index contributed by atoms with van der Waals surface area (Å²) in [6, 6.07) is 8.12. The number of ether oxygens (including phenoxy) is 1. The Balaban J connectivity index is 1.44. The number of hydrogen-bond acceptors (Lipinski definition) is 4. The molecule has 24 heavy (non-hydrogen) atoms. The first-order valence-corrected chi connectivity index (χ1v) is 9.87. The molecule has 0 spiro atoms. The van der Waals surface area contributed by atoms with Crippen LogP contribution in [0.1, 0.15) is 26.2 Å². The molecule has 2 fully saturated rings. The van der Waals surface area contributed by atoms with E-state index in [2.05, 4.69) is 18.3 Å². The average molecular weight is 349 g/mol. The number of methoxy groups -OCH3 is 1. The minimum Gasteiger partial charge on any atom is -0.496 e.